The largest absolute Gasteiger partial charge is 0.334 e. The summed E-state index contributed by atoms with van der Waals surface area (Å²) < 4.78 is 2.00. The molecule has 3 rings (SSSR count). The smallest absolute Gasteiger partial charge is 0.255 e. The molecule has 1 aromatic rings. The predicted octanol–water partition coefficient (Wildman–Crippen LogP) is 3.41. The highest BCUT2D eigenvalue weighted by Crippen LogP contribution is 2.30. The van der Waals surface area contributed by atoms with Crippen molar-refractivity contribution < 1.29 is 4.79 Å². The summed E-state index contributed by atoms with van der Waals surface area (Å²) in [4.78, 5) is 14.9. The second kappa shape index (κ2) is 6.32. The second-order valence-electron chi connectivity index (χ2n) is 5.61. The van der Waals surface area contributed by atoms with Crippen LogP contribution in [-0.4, -0.2) is 36.0 Å². The van der Waals surface area contributed by atoms with Gasteiger partial charge in [0.05, 0.1) is 5.56 Å². The number of rotatable bonds is 4. The molecule has 108 valence electrons. The van der Waals surface area contributed by atoms with Crippen LogP contribution in [-0.2, 0) is 0 Å². The molecule has 0 radical (unpaired) electrons. The zero-order chi connectivity index (χ0) is 14.1. The molecule has 1 aliphatic heterocycles. The van der Waals surface area contributed by atoms with Gasteiger partial charge in [0.15, 0.2) is 0 Å². The first-order valence-corrected chi connectivity index (χ1v) is 9.02. The first kappa shape index (κ1) is 14.8. The first-order chi connectivity index (χ1) is 9.65. The van der Waals surface area contributed by atoms with E-state index in [0.29, 0.717) is 12.1 Å². The van der Waals surface area contributed by atoms with Gasteiger partial charge in [0.2, 0.25) is 0 Å². The number of hydrogen-bond donors (Lipinski definition) is 1. The van der Waals surface area contributed by atoms with Crippen molar-refractivity contribution in [3.8, 4) is 0 Å². The van der Waals surface area contributed by atoms with E-state index in [0.717, 1.165) is 39.5 Å². The summed E-state index contributed by atoms with van der Waals surface area (Å²) >= 11 is 5.72. The Kier molecular flexibility index (Phi) is 4.67. The molecule has 1 saturated heterocycles. The quantitative estimate of drug-likeness (QED) is 0.716. The van der Waals surface area contributed by atoms with Crippen LogP contribution in [0.1, 0.15) is 36.0 Å². The number of halogens is 2. The minimum atomic E-state index is 0.187. The lowest BCUT2D eigenvalue weighted by atomic mass is 10.1. The molecule has 0 bridgehead atoms. The Balaban J connectivity index is 1.79. The average molecular weight is 449 g/mol. The number of nitrogens with one attached hydrogen (secondary N) is 1. The van der Waals surface area contributed by atoms with Crippen molar-refractivity contribution in [1.29, 1.82) is 0 Å². The standard InChI is InChI=1S/C15H18BrIN2O/c16-10-3-6-14(17)13(8-10)15(20)19(12-4-5-12)9-11-2-1-7-18-11/h3,6,8,11-12,18H,1-2,4-5,7,9H2. The molecule has 1 amide bonds. The molecular weight excluding hydrogens is 431 g/mol. The lowest BCUT2D eigenvalue weighted by Crippen LogP contribution is -2.42. The third kappa shape index (κ3) is 3.36. The lowest BCUT2D eigenvalue weighted by molar-refractivity contribution is 0.0727. The topological polar surface area (TPSA) is 32.3 Å². The van der Waals surface area contributed by atoms with Gasteiger partial charge in [-0.3, -0.25) is 4.79 Å². The Morgan fingerprint density at radius 2 is 2.20 bits per heavy atom. The monoisotopic (exact) mass is 448 g/mol. The Bertz CT molecular complexity index is 513. The van der Waals surface area contributed by atoms with E-state index in [9.17, 15) is 4.79 Å². The highest BCUT2D eigenvalue weighted by molar-refractivity contribution is 14.1. The molecule has 0 spiro atoms. The van der Waals surface area contributed by atoms with Crippen LogP contribution in [0.25, 0.3) is 0 Å². The van der Waals surface area contributed by atoms with Gasteiger partial charge in [-0.25, -0.2) is 0 Å². The third-order valence-corrected chi connectivity index (χ3v) is 5.42. The van der Waals surface area contributed by atoms with Crippen LogP contribution in [0.4, 0.5) is 0 Å². The lowest BCUT2D eigenvalue weighted by Gasteiger charge is -2.26. The van der Waals surface area contributed by atoms with E-state index >= 15 is 0 Å². The van der Waals surface area contributed by atoms with Gasteiger partial charge in [-0.15, -0.1) is 0 Å². The zero-order valence-corrected chi connectivity index (χ0v) is 15.0. The fourth-order valence-corrected chi connectivity index (χ4v) is 3.68. The molecule has 1 N–H and O–H groups in total. The Hall–Kier alpha value is -0.140. The van der Waals surface area contributed by atoms with Crippen LogP contribution >= 0.6 is 38.5 Å². The van der Waals surface area contributed by atoms with Gasteiger partial charge in [-0.05, 0) is 73.0 Å². The number of amides is 1. The molecule has 1 saturated carbocycles. The first-order valence-electron chi connectivity index (χ1n) is 7.14. The summed E-state index contributed by atoms with van der Waals surface area (Å²) in [5.74, 6) is 0.187. The van der Waals surface area contributed by atoms with Crippen molar-refractivity contribution in [2.45, 2.75) is 37.8 Å². The van der Waals surface area contributed by atoms with E-state index in [-0.39, 0.29) is 5.91 Å². The molecule has 20 heavy (non-hydrogen) atoms. The zero-order valence-electron chi connectivity index (χ0n) is 11.2. The van der Waals surface area contributed by atoms with Crippen LogP contribution in [0.5, 0.6) is 0 Å². The van der Waals surface area contributed by atoms with Gasteiger partial charge in [0.1, 0.15) is 0 Å². The summed E-state index contributed by atoms with van der Waals surface area (Å²) in [5, 5.41) is 3.50. The van der Waals surface area contributed by atoms with Gasteiger partial charge in [-0.1, -0.05) is 15.9 Å². The molecule has 1 heterocycles. The maximum atomic E-state index is 12.9. The van der Waals surface area contributed by atoms with E-state index in [2.05, 4.69) is 48.7 Å². The second-order valence-corrected chi connectivity index (χ2v) is 7.68. The third-order valence-electron chi connectivity index (χ3n) is 3.99. The molecule has 1 aliphatic carbocycles. The van der Waals surface area contributed by atoms with E-state index in [1.807, 2.05) is 18.2 Å². The van der Waals surface area contributed by atoms with Crippen molar-refractivity contribution in [1.82, 2.24) is 10.2 Å². The van der Waals surface area contributed by atoms with Crippen molar-refractivity contribution in [3.63, 3.8) is 0 Å². The minimum Gasteiger partial charge on any atom is -0.334 e. The van der Waals surface area contributed by atoms with Crippen molar-refractivity contribution in [2.24, 2.45) is 0 Å². The van der Waals surface area contributed by atoms with E-state index in [1.54, 1.807) is 0 Å². The molecule has 0 aromatic heterocycles. The molecule has 5 heteroatoms. The maximum absolute atomic E-state index is 12.9. The summed E-state index contributed by atoms with van der Waals surface area (Å²) in [7, 11) is 0. The molecule has 1 aromatic carbocycles. The molecule has 3 nitrogen and oxygen atoms in total. The van der Waals surface area contributed by atoms with E-state index in [4.69, 9.17) is 0 Å². The van der Waals surface area contributed by atoms with Gasteiger partial charge >= 0.3 is 0 Å². The number of carbonyl (C=O) groups is 1. The summed E-state index contributed by atoms with van der Waals surface area (Å²) in [6.07, 6.45) is 4.73. The van der Waals surface area contributed by atoms with E-state index in [1.165, 1.54) is 12.8 Å². The number of benzene rings is 1. The van der Waals surface area contributed by atoms with Gasteiger partial charge in [0.25, 0.3) is 5.91 Å². The predicted molar refractivity (Wildman–Crippen MR) is 91.9 cm³/mol. The Morgan fingerprint density at radius 1 is 1.40 bits per heavy atom. The molecule has 1 unspecified atom stereocenters. The molecule has 1 atom stereocenters. The van der Waals surface area contributed by atoms with Gasteiger partial charge < -0.3 is 10.2 Å². The molecule has 2 fully saturated rings. The van der Waals surface area contributed by atoms with Crippen LogP contribution < -0.4 is 5.32 Å². The van der Waals surface area contributed by atoms with Gasteiger partial charge in [0, 0.05) is 26.7 Å². The van der Waals surface area contributed by atoms with Crippen LogP contribution in [0.3, 0.4) is 0 Å². The highest BCUT2D eigenvalue weighted by Gasteiger charge is 2.35. The summed E-state index contributed by atoms with van der Waals surface area (Å²) in [6, 6.07) is 6.86. The summed E-state index contributed by atoms with van der Waals surface area (Å²) in [5.41, 5.74) is 0.824. The Labute approximate surface area is 141 Å². The average Bonchev–Trinajstić information content (AvgIpc) is 3.15. The number of carbonyl (C=O) groups excluding carboxylic acids is 1. The van der Waals surface area contributed by atoms with Crippen molar-refractivity contribution >= 4 is 44.4 Å². The fraction of sp³-hybridized carbons (Fsp3) is 0.533. The van der Waals surface area contributed by atoms with Gasteiger partial charge in [-0.2, -0.15) is 0 Å². The normalized spacial score (nSPS) is 22.0. The SMILES string of the molecule is O=C(c1cc(Br)ccc1I)N(CC1CCCN1)C1CC1. The summed E-state index contributed by atoms with van der Waals surface area (Å²) in [6.45, 7) is 1.94. The molecule has 2 aliphatic rings. The van der Waals surface area contributed by atoms with Crippen molar-refractivity contribution in [3.05, 3.63) is 31.8 Å². The van der Waals surface area contributed by atoms with Crippen LogP contribution in [0.2, 0.25) is 0 Å². The maximum Gasteiger partial charge on any atom is 0.255 e. The minimum absolute atomic E-state index is 0.187. The van der Waals surface area contributed by atoms with Crippen LogP contribution in [0.15, 0.2) is 22.7 Å². The number of hydrogen-bond acceptors (Lipinski definition) is 2. The van der Waals surface area contributed by atoms with Crippen LogP contribution in [0, 0.1) is 3.57 Å². The van der Waals surface area contributed by atoms with Crippen molar-refractivity contribution in [2.75, 3.05) is 13.1 Å². The molecular formula is C15H18BrIN2O. The van der Waals surface area contributed by atoms with E-state index < -0.39 is 0 Å². The fourth-order valence-electron chi connectivity index (χ4n) is 2.75. The highest BCUT2D eigenvalue weighted by atomic mass is 127. The number of nitrogens with zero attached hydrogens (tertiary/aromatic N) is 1. The Morgan fingerprint density at radius 3 is 2.85 bits per heavy atom.